The van der Waals surface area contributed by atoms with Crippen LogP contribution in [0.2, 0.25) is 15.1 Å². The fraction of sp³-hybridized carbons (Fsp3) is 0.125. The molecule has 0 atom stereocenters. The molecule has 0 spiro atoms. The normalized spacial score (nSPS) is 9.87. The molecule has 1 rings (SSSR count). The van der Waals surface area contributed by atoms with Crippen molar-refractivity contribution in [2.45, 2.75) is 0 Å². The first kappa shape index (κ1) is 12.4. The van der Waals surface area contributed by atoms with Gasteiger partial charge in [0.05, 0.1) is 22.3 Å². The fourth-order valence-electron chi connectivity index (χ4n) is 0.845. The van der Waals surface area contributed by atoms with Crippen LogP contribution in [-0.2, 0) is 4.79 Å². The van der Waals surface area contributed by atoms with Crippen molar-refractivity contribution in [3.8, 4) is 0 Å². The third-order valence-electron chi connectivity index (χ3n) is 1.52. The van der Waals surface area contributed by atoms with Crippen LogP contribution < -0.4 is 16.6 Å². The van der Waals surface area contributed by atoms with Crippen LogP contribution in [0.4, 0.5) is 5.69 Å². The highest BCUT2D eigenvalue weighted by atomic mass is 35.5. The molecule has 82 valence electrons. The Morgan fingerprint density at radius 1 is 1.27 bits per heavy atom. The minimum atomic E-state index is -0.378. The zero-order valence-electron chi connectivity index (χ0n) is 7.48. The summed E-state index contributed by atoms with van der Waals surface area (Å²) in [4.78, 5) is 10.9. The predicted octanol–water partition coefficient (Wildman–Crippen LogP) is 2.05. The molecule has 4 N–H and O–H groups in total. The highest BCUT2D eigenvalue weighted by molar-refractivity contribution is 6.41. The van der Waals surface area contributed by atoms with Gasteiger partial charge in [-0.05, 0) is 12.1 Å². The minimum Gasteiger partial charge on any atom is -0.322 e. The van der Waals surface area contributed by atoms with Crippen LogP contribution in [-0.4, -0.2) is 12.5 Å². The maximum absolute atomic E-state index is 10.9. The van der Waals surface area contributed by atoms with Gasteiger partial charge < -0.3 is 5.73 Å². The van der Waals surface area contributed by atoms with Crippen LogP contribution >= 0.6 is 34.8 Å². The Morgan fingerprint density at radius 2 is 1.80 bits per heavy atom. The van der Waals surface area contributed by atoms with Crippen molar-refractivity contribution < 1.29 is 4.79 Å². The topological polar surface area (TPSA) is 67.2 Å². The van der Waals surface area contributed by atoms with E-state index in [0.717, 1.165) is 0 Å². The molecule has 0 unspecified atom stereocenters. The second-order valence-electron chi connectivity index (χ2n) is 2.62. The van der Waals surface area contributed by atoms with Gasteiger partial charge in [-0.25, -0.2) is 0 Å². The lowest BCUT2D eigenvalue weighted by Gasteiger charge is -2.11. The van der Waals surface area contributed by atoms with Crippen LogP contribution in [0.15, 0.2) is 12.1 Å². The Kier molecular flexibility index (Phi) is 4.47. The number of nitrogens with one attached hydrogen (secondary N) is 2. The molecule has 0 aliphatic carbocycles. The summed E-state index contributed by atoms with van der Waals surface area (Å²) >= 11 is 17.4. The van der Waals surface area contributed by atoms with Crippen LogP contribution in [0.1, 0.15) is 0 Å². The Hall–Kier alpha value is -0.680. The summed E-state index contributed by atoms with van der Waals surface area (Å²) < 4.78 is 0. The Bertz CT molecular complexity index is 360. The largest absolute Gasteiger partial charge is 0.322 e. The zero-order valence-corrected chi connectivity index (χ0v) is 9.75. The summed E-state index contributed by atoms with van der Waals surface area (Å²) in [6, 6.07) is 3.01. The van der Waals surface area contributed by atoms with Gasteiger partial charge in [-0.1, -0.05) is 34.8 Å². The molecule has 7 heteroatoms. The lowest BCUT2D eigenvalue weighted by atomic mass is 10.3. The van der Waals surface area contributed by atoms with Crippen LogP contribution in [0, 0.1) is 0 Å². The highest BCUT2D eigenvalue weighted by Gasteiger charge is 2.07. The number of rotatable bonds is 3. The molecule has 4 nitrogen and oxygen atoms in total. The van der Waals surface area contributed by atoms with E-state index in [4.69, 9.17) is 40.5 Å². The summed E-state index contributed by atoms with van der Waals surface area (Å²) in [5.74, 6) is -0.378. The van der Waals surface area contributed by atoms with Gasteiger partial charge in [0.25, 0.3) is 5.91 Å². The monoisotopic (exact) mass is 267 g/mol. The third kappa shape index (κ3) is 3.43. The molecule has 0 saturated carbocycles. The van der Waals surface area contributed by atoms with E-state index < -0.39 is 0 Å². The van der Waals surface area contributed by atoms with Crippen molar-refractivity contribution >= 4 is 46.4 Å². The predicted molar refractivity (Wildman–Crippen MR) is 62.3 cm³/mol. The highest BCUT2D eigenvalue weighted by Crippen LogP contribution is 2.32. The molecule has 0 aliphatic rings. The smallest absolute Gasteiger partial charge is 0.252 e. The maximum atomic E-state index is 10.9. The first-order valence-electron chi connectivity index (χ1n) is 3.94. The van der Waals surface area contributed by atoms with Crippen LogP contribution in [0.5, 0.6) is 0 Å². The first-order valence-corrected chi connectivity index (χ1v) is 5.07. The molecule has 0 saturated heterocycles. The Balaban J connectivity index is 2.81. The number of hydrazine groups is 1. The molecule has 0 radical (unpaired) electrons. The van der Waals surface area contributed by atoms with Crippen molar-refractivity contribution in [3.05, 3.63) is 27.2 Å². The number of anilines is 1. The minimum absolute atomic E-state index is 0.129. The molecule has 15 heavy (non-hydrogen) atoms. The number of carbonyl (C=O) groups is 1. The number of halogens is 3. The van der Waals surface area contributed by atoms with Crippen LogP contribution in [0.3, 0.4) is 0 Å². The summed E-state index contributed by atoms with van der Waals surface area (Å²) in [6.45, 7) is -0.129. The molecule has 0 aromatic heterocycles. The third-order valence-corrected chi connectivity index (χ3v) is 2.33. The quantitative estimate of drug-likeness (QED) is 0.735. The second kappa shape index (κ2) is 5.42. The van der Waals surface area contributed by atoms with Gasteiger partial charge in [-0.2, -0.15) is 0 Å². The van der Waals surface area contributed by atoms with E-state index in [2.05, 4.69) is 10.9 Å². The number of hydrogen-bond acceptors (Lipinski definition) is 3. The molecule has 0 fully saturated rings. The first-order chi connectivity index (χ1) is 7.04. The van der Waals surface area contributed by atoms with Gasteiger partial charge >= 0.3 is 0 Å². The number of hydrogen-bond donors (Lipinski definition) is 3. The molecule has 0 bridgehead atoms. The lowest BCUT2D eigenvalue weighted by Crippen LogP contribution is -2.34. The average molecular weight is 269 g/mol. The van der Waals surface area contributed by atoms with E-state index in [1.165, 1.54) is 12.1 Å². The summed E-state index contributed by atoms with van der Waals surface area (Å²) in [5, 5.41) is 1.04. The maximum Gasteiger partial charge on any atom is 0.252 e. The fourth-order valence-corrected chi connectivity index (χ4v) is 1.76. The van der Waals surface area contributed by atoms with E-state index in [-0.39, 0.29) is 12.5 Å². The van der Waals surface area contributed by atoms with Gasteiger partial charge in [-0.15, -0.1) is 0 Å². The van der Waals surface area contributed by atoms with Crippen molar-refractivity contribution in [1.82, 2.24) is 5.43 Å². The molecule has 1 aromatic carbocycles. The number of benzene rings is 1. The number of nitrogens with two attached hydrogens (primary N) is 1. The van der Waals surface area contributed by atoms with E-state index in [9.17, 15) is 4.79 Å². The standard InChI is InChI=1S/C8H8Cl3N3O/c9-4-1-5(10)8(6(11)2-4)14-13-7(15)3-12/h1-2,14H,3,12H2,(H,13,15). The second-order valence-corrected chi connectivity index (χ2v) is 3.87. The molecule has 1 aromatic rings. The molecule has 1 amide bonds. The molecule has 0 aliphatic heterocycles. The summed E-state index contributed by atoms with van der Waals surface area (Å²) in [5.41, 5.74) is 10.4. The van der Waals surface area contributed by atoms with Crippen molar-refractivity contribution in [2.24, 2.45) is 5.73 Å². The van der Waals surface area contributed by atoms with Gasteiger partial charge in [0.15, 0.2) is 0 Å². The van der Waals surface area contributed by atoms with Gasteiger partial charge in [-0.3, -0.25) is 15.6 Å². The molecular weight excluding hydrogens is 260 g/mol. The average Bonchev–Trinajstić information content (AvgIpc) is 2.15. The van der Waals surface area contributed by atoms with Gasteiger partial charge in [0.1, 0.15) is 0 Å². The Morgan fingerprint density at radius 3 is 2.27 bits per heavy atom. The summed E-state index contributed by atoms with van der Waals surface area (Å²) in [7, 11) is 0. The van der Waals surface area contributed by atoms with Crippen molar-refractivity contribution in [1.29, 1.82) is 0 Å². The van der Waals surface area contributed by atoms with Crippen LogP contribution in [0.25, 0.3) is 0 Å². The van der Waals surface area contributed by atoms with E-state index in [0.29, 0.717) is 20.8 Å². The number of amides is 1. The van der Waals surface area contributed by atoms with E-state index >= 15 is 0 Å². The molecular formula is C8H8Cl3N3O. The number of carbonyl (C=O) groups excluding carboxylic acids is 1. The van der Waals surface area contributed by atoms with E-state index in [1.807, 2.05) is 0 Å². The van der Waals surface area contributed by atoms with Gasteiger partial charge in [0.2, 0.25) is 0 Å². The van der Waals surface area contributed by atoms with Crippen molar-refractivity contribution in [2.75, 3.05) is 12.0 Å². The Labute approximate surface area is 102 Å². The van der Waals surface area contributed by atoms with E-state index in [1.54, 1.807) is 0 Å². The zero-order chi connectivity index (χ0) is 11.4. The van der Waals surface area contributed by atoms with Crippen molar-refractivity contribution in [3.63, 3.8) is 0 Å². The lowest BCUT2D eigenvalue weighted by molar-refractivity contribution is -0.119. The SMILES string of the molecule is NCC(=O)NNc1c(Cl)cc(Cl)cc1Cl. The van der Waals surface area contributed by atoms with Gasteiger partial charge in [0, 0.05) is 5.02 Å². The summed E-state index contributed by atoms with van der Waals surface area (Å²) in [6.07, 6.45) is 0. The molecule has 0 heterocycles.